The minimum atomic E-state index is -4.45. The number of carbonyl (C=O) groups excluding carboxylic acids is 1. The molecule has 0 atom stereocenters. The monoisotopic (exact) mass is 285 g/mol. The van der Waals surface area contributed by atoms with Gasteiger partial charge in [0.2, 0.25) is 0 Å². The second kappa shape index (κ2) is 5.66. The Kier molecular flexibility index (Phi) is 4.13. The Morgan fingerprint density at radius 2 is 2.00 bits per heavy atom. The van der Waals surface area contributed by atoms with E-state index < -0.39 is 17.7 Å². The maximum atomic E-state index is 13.1. The molecule has 1 heterocycles. The second-order valence-corrected chi connectivity index (χ2v) is 4.42. The summed E-state index contributed by atoms with van der Waals surface area (Å²) in [6.07, 6.45) is -4.09. The van der Waals surface area contributed by atoms with Gasteiger partial charge in [-0.25, -0.2) is 4.79 Å². The summed E-state index contributed by atoms with van der Waals surface area (Å²) in [6, 6.07) is 5.30. The van der Waals surface area contributed by atoms with Crippen LogP contribution < -0.4 is 5.32 Å². The highest BCUT2D eigenvalue weighted by Gasteiger charge is 2.35. The molecular weight excluding hydrogens is 271 g/mol. The molecule has 0 amide bonds. The van der Waals surface area contributed by atoms with E-state index in [0.717, 1.165) is 6.07 Å². The molecule has 1 aliphatic rings. The van der Waals surface area contributed by atoms with Crippen LogP contribution in [0.3, 0.4) is 0 Å². The van der Waals surface area contributed by atoms with Gasteiger partial charge >= 0.3 is 12.1 Å². The van der Waals surface area contributed by atoms with E-state index in [1.807, 2.05) is 0 Å². The van der Waals surface area contributed by atoms with Crippen molar-refractivity contribution in [2.24, 2.45) is 0 Å². The number of benzene rings is 1. The Hall–Kier alpha value is -1.82. The van der Waals surface area contributed by atoms with E-state index in [1.54, 1.807) is 0 Å². The minimum absolute atomic E-state index is 0.0573. The fourth-order valence-electron chi connectivity index (χ4n) is 2.29. The van der Waals surface area contributed by atoms with Crippen LogP contribution in [-0.4, -0.2) is 26.2 Å². The first-order valence-electron chi connectivity index (χ1n) is 6.13. The first kappa shape index (κ1) is 14.6. The molecule has 108 valence electrons. The van der Waals surface area contributed by atoms with Crippen molar-refractivity contribution in [3.05, 3.63) is 41.0 Å². The summed E-state index contributed by atoms with van der Waals surface area (Å²) in [5.74, 6) is -0.593. The molecule has 0 aliphatic carbocycles. The van der Waals surface area contributed by atoms with Crippen molar-refractivity contribution in [2.45, 2.75) is 12.6 Å². The van der Waals surface area contributed by atoms with Crippen LogP contribution >= 0.6 is 0 Å². The lowest BCUT2D eigenvalue weighted by atomic mass is 9.90. The van der Waals surface area contributed by atoms with E-state index in [1.165, 1.54) is 25.3 Å². The number of hydrogen-bond acceptors (Lipinski definition) is 3. The maximum absolute atomic E-state index is 13.1. The Morgan fingerprint density at radius 1 is 1.30 bits per heavy atom. The lowest BCUT2D eigenvalue weighted by Crippen LogP contribution is -2.29. The summed E-state index contributed by atoms with van der Waals surface area (Å²) in [5, 5.41) is 2.97. The predicted octanol–water partition coefficient (Wildman–Crippen LogP) is 2.63. The molecule has 1 aromatic rings. The zero-order valence-corrected chi connectivity index (χ0v) is 10.9. The second-order valence-electron chi connectivity index (χ2n) is 4.42. The number of alkyl halides is 3. The maximum Gasteiger partial charge on any atom is 0.416 e. The summed E-state index contributed by atoms with van der Waals surface area (Å²) >= 11 is 0. The largest absolute Gasteiger partial charge is 0.466 e. The molecule has 1 aromatic carbocycles. The minimum Gasteiger partial charge on any atom is -0.466 e. The molecular formula is C14H14F3NO2. The van der Waals surface area contributed by atoms with Crippen LogP contribution in [0.15, 0.2) is 29.8 Å². The van der Waals surface area contributed by atoms with Gasteiger partial charge in [0.1, 0.15) is 0 Å². The van der Waals surface area contributed by atoms with Crippen molar-refractivity contribution in [3.63, 3.8) is 0 Å². The quantitative estimate of drug-likeness (QED) is 0.849. The number of methoxy groups -OCH3 is 1. The molecule has 0 unspecified atom stereocenters. The summed E-state index contributed by atoms with van der Waals surface area (Å²) in [5.41, 5.74) is -0.000761. The van der Waals surface area contributed by atoms with E-state index in [-0.39, 0.29) is 17.7 Å². The fraction of sp³-hybridized carbons (Fsp3) is 0.357. The Balaban J connectivity index is 2.59. The van der Waals surface area contributed by atoms with Gasteiger partial charge in [-0.1, -0.05) is 18.2 Å². The smallest absolute Gasteiger partial charge is 0.416 e. The molecule has 0 spiro atoms. The zero-order chi connectivity index (χ0) is 14.8. The topological polar surface area (TPSA) is 38.3 Å². The van der Waals surface area contributed by atoms with Crippen molar-refractivity contribution < 1.29 is 22.7 Å². The lowest BCUT2D eigenvalue weighted by Gasteiger charge is -2.22. The summed E-state index contributed by atoms with van der Waals surface area (Å²) < 4.78 is 43.8. The van der Waals surface area contributed by atoms with Crippen LogP contribution in [-0.2, 0) is 15.7 Å². The molecule has 6 heteroatoms. The lowest BCUT2D eigenvalue weighted by molar-refractivity contribution is -0.138. The first-order valence-corrected chi connectivity index (χ1v) is 6.13. The predicted molar refractivity (Wildman–Crippen MR) is 67.9 cm³/mol. The standard InChI is InChI=1S/C14H14F3NO2/c1-20-13(19)11-8-18-7-6-9(11)10-4-2-3-5-12(10)14(15,16)17/h2-5,18H,6-8H2,1H3. The molecule has 0 radical (unpaired) electrons. The third-order valence-corrected chi connectivity index (χ3v) is 3.21. The molecule has 0 aromatic heterocycles. The Morgan fingerprint density at radius 3 is 2.65 bits per heavy atom. The fourth-order valence-corrected chi connectivity index (χ4v) is 2.29. The highest BCUT2D eigenvalue weighted by molar-refractivity contribution is 5.99. The van der Waals surface area contributed by atoms with Gasteiger partial charge in [-0.15, -0.1) is 0 Å². The molecule has 0 fully saturated rings. The van der Waals surface area contributed by atoms with E-state index in [2.05, 4.69) is 10.1 Å². The molecule has 3 nitrogen and oxygen atoms in total. The van der Waals surface area contributed by atoms with Crippen molar-refractivity contribution >= 4 is 11.5 Å². The van der Waals surface area contributed by atoms with Crippen molar-refractivity contribution in [1.82, 2.24) is 5.32 Å². The Bertz CT molecular complexity index is 550. The number of ether oxygens (including phenoxy) is 1. The molecule has 0 saturated heterocycles. The van der Waals surface area contributed by atoms with Crippen LogP contribution in [0.5, 0.6) is 0 Å². The number of nitrogens with one attached hydrogen (secondary N) is 1. The van der Waals surface area contributed by atoms with Gasteiger partial charge < -0.3 is 10.1 Å². The highest BCUT2D eigenvalue weighted by Crippen LogP contribution is 2.37. The summed E-state index contributed by atoms with van der Waals surface area (Å²) in [4.78, 5) is 11.7. The van der Waals surface area contributed by atoms with Gasteiger partial charge in [-0.3, -0.25) is 0 Å². The number of hydrogen-bond donors (Lipinski definition) is 1. The molecule has 1 aliphatic heterocycles. The average Bonchev–Trinajstić information content (AvgIpc) is 2.45. The van der Waals surface area contributed by atoms with Crippen LogP contribution in [0.4, 0.5) is 13.2 Å². The summed E-state index contributed by atoms with van der Waals surface area (Å²) in [6.45, 7) is 0.746. The molecule has 20 heavy (non-hydrogen) atoms. The molecule has 0 bridgehead atoms. The van der Waals surface area contributed by atoms with Crippen molar-refractivity contribution in [3.8, 4) is 0 Å². The number of esters is 1. The van der Waals surface area contributed by atoms with Gasteiger partial charge in [-0.05, 0) is 30.2 Å². The van der Waals surface area contributed by atoms with Gasteiger partial charge in [0, 0.05) is 6.54 Å². The highest BCUT2D eigenvalue weighted by atomic mass is 19.4. The van der Waals surface area contributed by atoms with Gasteiger partial charge in [0.15, 0.2) is 0 Å². The van der Waals surface area contributed by atoms with E-state index >= 15 is 0 Å². The first-order chi connectivity index (χ1) is 9.45. The van der Waals surface area contributed by atoms with Crippen LogP contribution in [0.25, 0.3) is 5.57 Å². The molecule has 2 rings (SSSR count). The normalized spacial score (nSPS) is 16.2. The van der Waals surface area contributed by atoms with Crippen molar-refractivity contribution in [1.29, 1.82) is 0 Å². The van der Waals surface area contributed by atoms with E-state index in [9.17, 15) is 18.0 Å². The van der Waals surface area contributed by atoms with E-state index in [0.29, 0.717) is 18.5 Å². The SMILES string of the molecule is COC(=O)C1=C(c2ccccc2C(F)(F)F)CCNC1. The van der Waals surface area contributed by atoms with Crippen LogP contribution in [0.1, 0.15) is 17.5 Å². The van der Waals surface area contributed by atoms with Crippen LogP contribution in [0.2, 0.25) is 0 Å². The summed E-state index contributed by atoms with van der Waals surface area (Å²) in [7, 11) is 1.22. The third-order valence-electron chi connectivity index (χ3n) is 3.21. The average molecular weight is 285 g/mol. The van der Waals surface area contributed by atoms with Crippen molar-refractivity contribution in [2.75, 3.05) is 20.2 Å². The number of rotatable bonds is 2. The van der Waals surface area contributed by atoms with Gasteiger partial charge in [-0.2, -0.15) is 13.2 Å². The number of halogens is 3. The zero-order valence-electron chi connectivity index (χ0n) is 10.9. The van der Waals surface area contributed by atoms with Gasteiger partial charge in [0.05, 0.1) is 18.2 Å². The van der Waals surface area contributed by atoms with Gasteiger partial charge in [0.25, 0.3) is 0 Å². The van der Waals surface area contributed by atoms with Crippen LogP contribution in [0, 0.1) is 0 Å². The third kappa shape index (κ3) is 2.85. The molecule has 1 N–H and O–H groups in total. The molecule has 0 saturated carbocycles. The van der Waals surface area contributed by atoms with E-state index in [4.69, 9.17) is 0 Å². The number of carbonyl (C=O) groups is 1. The Labute approximate surface area is 114 Å².